The van der Waals surface area contributed by atoms with E-state index >= 15 is 0 Å². The molecule has 136 valence electrons. The fraction of sp³-hybridized carbons (Fsp3) is 0.211. The van der Waals surface area contributed by atoms with E-state index < -0.39 is 17.5 Å². The summed E-state index contributed by atoms with van der Waals surface area (Å²) in [7, 11) is 0. The van der Waals surface area contributed by atoms with Crippen molar-refractivity contribution in [3.63, 3.8) is 0 Å². The fourth-order valence-electron chi connectivity index (χ4n) is 2.49. The molecule has 7 heteroatoms. The topological polar surface area (TPSA) is 60.2 Å². The minimum Gasteiger partial charge on any atom is -0.619 e. The molecule has 4 nitrogen and oxygen atoms in total. The van der Waals surface area contributed by atoms with Crippen molar-refractivity contribution in [2.75, 3.05) is 0 Å². The normalized spacial score (nSPS) is 16.0. The number of halogens is 3. The zero-order valence-electron chi connectivity index (χ0n) is 14.2. The van der Waals surface area contributed by atoms with Gasteiger partial charge in [0.15, 0.2) is 17.3 Å². The lowest BCUT2D eigenvalue weighted by Crippen LogP contribution is -2.22. The van der Waals surface area contributed by atoms with E-state index in [2.05, 4.69) is 6.72 Å². The van der Waals surface area contributed by atoms with Gasteiger partial charge in [-0.1, -0.05) is 24.3 Å². The van der Waals surface area contributed by atoms with E-state index in [1.807, 2.05) is 0 Å². The van der Waals surface area contributed by atoms with Crippen molar-refractivity contribution in [2.45, 2.75) is 26.4 Å². The molecule has 1 aromatic rings. The van der Waals surface area contributed by atoms with Gasteiger partial charge in [0.2, 0.25) is 0 Å². The molecule has 0 N–H and O–H groups in total. The van der Waals surface area contributed by atoms with Crippen LogP contribution in [0.4, 0.5) is 13.2 Å². The first kappa shape index (κ1) is 19.4. The molecule has 0 saturated carbocycles. The van der Waals surface area contributed by atoms with Crippen LogP contribution in [0, 0.1) is 5.21 Å². The number of carbonyl (C=O) groups is 2. The number of hydrogen-bond donors (Lipinski definition) is 0. The summed E-state index contributed by atoms with van der Waals surface area (Å²) in [4.78, 5) is 25.1. The van der Waals surface area contributed by atoms with Crippen molar-refractivity contribution >= 4 is 18.3 Å². The first-order valence-electron chi connectivity index (χ1n) is 7.64. The van der Waals surface area contributed by atoms with Crippen LogP contribution in [-0.4, -0.2) is 29.2 Å². The maximum atomic E-state index is 12.7. The Labute approximate surface area is 148 Å². The molecule has 0 aromatic heterocycles. The van der Waals surface area contributed by atoms with Crippen molar-refractivity contribution in [1.82, 2.24) is 0 Å². The minimum absolute atomic E-state index is 0.0718. The average Bonchev–Trinajstić information content (AvgIpc) is 2.57. The quantitative estimate of drug-likeness (QED) is 0.262. The van der Waals surface area contributed by atoms with Gasteiger partial charge in [-0.05, 0) is 19.9 Å². The third kappa shape index (κ3) is 3.82. The smallest absolute Gasteiger partial charge is 0.412 e. The minimum atomic E-state index is -4.53. The highest BCUT2D eigenvalue weighted by atomic mass is 19.4. The zero-order chi connectivity index (χ0) is 19.6. The van der Waals surface area contributed by atoms with Crippen LogP contribution in [0.2, 0.25) is 0 Å². The molecule has 0 fully saturated rings. The number of Topliss-reactive ketones (excluding diaryl/α,β-unsaturated/α-hetero) is 2. The van der Waals surface area contributed by atoms with Gasteiger partial charge in [-0.15, -0.1) is 0 Å². The van der Waals surface area contributed by atoms with Gasteiger partial charge in [-0.3, -0.25) is 9.59 Å². The van der Waals surface area contributed by atoms with Gasteiger partial charge in [0, 0.05) is 33.9 Å². The molecule has 1 aliphatic rings. The van der Waals surface area contributed by atoms with E-state index in [9.17, 15) is 28.0 Å². The Morgan fingerprint density at radius 1 is 1.15 bits per heavy atom. The van der Waals surface area contributed by atoms with E-state index in [-0.39, 0.29) is 44.9 Å². The van der Waals surface area contributed by atoms with Gasteiger partial charge in [0.1, 0.15) is 6.72 Å². The van der Waals surface area contributed by atoms with Crippen molar-refractivity contribution in [3.05, 3.63) is 75.2 Å². The predicted molar refractivity (Wildman–Crippen MR) is 91.1 cm³/mol. The molecule has 2 rings (SSSR count). The van der Waals surface area contributed by atoms with Gasteiger partial charge in [0.05, 0.1) is 6.42 Å². The standard InChI is InChI=1S/C19H16F3NO3/c1-11(19(20,21)22)8-9-13(23(3)26)10-16-12(2)17(24)14-6-4-5-7-15(14)18(16)25/h4-9H,3,10H2,1-2H3/b11-8+,13-9-. The van der Waals surface area contributed by atoms with E-state index in [0.29, 0.717) is 0 Å². The van der Waals surface area contributed by atoms with Gasteiger partial charge in [-0.2, -0.15) is 17.9 Å². The maximum absolute atomic E-state index is 12.7. The number of carbonyl (C=O) groups excluding carboxylic acids is 2. The largest absolute Gasteiger partial charge is 0.619 e. The summed E-state index contributed by atoms with van der Waals surface area (Å²) in [6.45, 7) is 5.46. The van der Waals surface area contributed by atoms with Gasteiger partial charge < -0.3 is 5.21 Å². The molecular formula is C19H16F3NO3. The molecule has 26 heavy (non-hydrogen) atoms. The monoisotopic (exact) mass is 363 g/mol. The third-order valence-electron chi connectivity index (χ3n) is 4.13. The lowest BCUT2D eigenvalue weighted by Gasteiger charge is -2.19. The Morgan fingerprint density at radius 3 is 2.19 bits per heavy atom. The van der Waals surface area contributed by atoms with Crippen LogP contribution in [0.1, 0.15) is 41.0 Å². The highest BCUT2D eigenvalue weighted by Gasteiger charge is 2.32. The Bertz CT molecular complexity index is 890. The second-order valence-corrected chi connectivity index (χ2v) is 5.87. The van der Waals surface area contributed by atoms with E-state index in [0.717, 1.165) is 19.1 Å². The van der Waals surface area contributed by atoms with Gasteiger partial charge in [-0.25, -0.2) is 0 Å². The second kappa shape index (κ2) is 7.11. The van der Waals surface area contributed by atoms with Crippen LogP contribution in [-0.2, 0) is 0 Å². The van der Waals surface area contributed by atoms with Crippen molar-refractivity contribution < 1.29 is 27.5 Å². The summed E-state index contributed by atoms with van der Waals surface area (Å²) < 4.78 is 37.9. The van der Waals surface area contributed by atoms with Gasteiger partial charge in [0.25, 0.3) is 0 Å². The van der Waals surface area contributed by atoms with Crippen molar-refractivity contribution in [3.8, 4) is 0 Å². The number of benzene rings is 1. The molecule has 1 aliphatic carbocycles. The summed E-state index contributed by atoms with van der Waals surface area (Å²) in [6.07, 6.45) is -3.12. The second-order valence-electron chi connectivity index (χ2n) is 5.87. The van der Waals surface area contributed by atoms with Crippen LogP contribution in [0.3, 0.4) is 0 Å². The summed E-state index contributed by atoms with van der Waals surface area (Å²) in [6, 6.07) is 6.27. The number of alkyl halides is 3. The SMILES string of the molecule is C=[N+]([O-])/C(=C\C=C(/C)C(F)(F)F)CC1=C(C)C(=O)c2ccccc2C1=O. The maximum Gasteiger partial charge on any atom is 0.412 e. The molecule has 0 spiro atoms. The molecule has 0 saturated heterocycles. The van der Waals surface area contributed by atoms with Crippen LogP contribution < -0.4 is 0 Å². The number of hydroxylamine groups is 1. The predicted octanol–water partition coefficient (Wildman–Crippen LogP) is 4.38. The molecule has 0 radical (unpaired) electrons. The van der Waals surface area contributed by atoms with Crippen LogP contribution in [0.5, 0.6) is 0 Å². The molecule has 0 bridgehead atoms. The Kier molecular flexibility index (Phi) is 5.30. The van der Waals surface area contributed by atoms with E-state index in [1.165, 1.54) is 19.1 Å². The first-order valence-corrected chi connectivity index (χ1v) is 7.64. The zero-order valence-corrected chi connectivity index (χ0v) is 14.2. The Morgan fingerprint density at radius 2 is 1.69 bits per heavy atom. The molecule has 0 aliphatic heterocycles. The lowest BCUT2D eigenvalue weighted by atomic mass is 9.83. The van der Waals surface area contributed by atoms with Crippen LogP contribution >= 0.6 is 0 Å². The number of fused-ring (bicyclic) bond motifs is 1. The molecule has 0 atom stereocenters. The Hall–Kier alpha value is -2.96. The highest BCUT2D eigenvalue weighted by molar-refractivity contribution is 6.26. The number of hydrogen-bond acceptors (Lipinski definition) is 3. The van der Waals surface area contributed by atoms with Crippen LogP contribution in [0.25, 0.3) is 0 Å². The third-order valence-corrected chi connectivity index (χ3v) is 4.13. The van der Waals surface area contributed by atoms with Gasteiger partial charge >= 0.3 is 6.18 Å². The molecule has 0 amide bonds. The summed E-state index contributed by atoms with van der Waals surface area (Å²) in [5.74, 6) is -0.778. The Balaban J connectivity index is 2.44. The summed E-state index contributed by atoms with van der Waals surface area (Å²) >= 11 is 0. The number of ketones is 2. The van der Waals surface area contributed by atoms with Crippen LogP contribution in [0.15, 0.2) is 58.8 Å². The molecule has 0 heterocycles. The molecular weight excluding hydrogens is 347 g/mol. The number of allylic oxidation sites excluding steroid dienone is 5. The summed E-state index contributed by atoms with van der Waals surface area (Å²) in [5, 5.41) is 11.6. The highest BCUT2D eigenvalue weighted by Crippen LogP contribution is 2.30. The van der Waals surface area contributed by atoms with E-state index in [4.69, 9.17) is 0 Å². The van der Waals surface area contributed by atoms with Crippen molar-refractivity contribution in [1.29, 1.82) is 0 Å². The number of rotatable bonds is 4. The first-order chi connectivity index (χ1) is 12.0. The fourth-order valence-corrected chi connectivity index (χ4v) is 2.49. The average molecular weight is 363 g/mol. The molecule has 1 aromatic carbocycles. The number of nitrogens with zero attached hydrogens (tertiary/aromatic N) is 1. The molecule has 0 unspecified atom stereocenters. The van der Waals surface area contributed by atoms with Crippen molar-refractivity contribution in [2.24, 2.45) is 0 Å². The van der Waals surface area contributed by atoms with E-state index in [1.54, 1.807) is 12.1 Å². The lowest BCUT2D eigenvalue weighted by molar-refractivity contribution is -0.393. The summed E-state index contributed by atoms with van der Waals surface area (Å²) in [5.41, 5.74) is -0.352.